The van der Waals surface area contributed by atoms with Gasteiger partial charge in [-0.05, 0) is 37.2 Å². The monoisotopic (exact) mass is 308 g/mol. The molecule has 0 bridgehead atoms. The fraction of sp³-hybridized carbons (Fsp3) is 0.500. The molecule has 0 aliphatic carbocycles. The van der Waals surface area contributed by atoms with Crippen molar-refractivity contribution < 1.29 is 18.8 Å². The molecule has 5 heteroatoms. The molecule has 0 radical (unpaired) electrons. The molecule has 0 amide bonds. The molecule has 0 fully saturated rings. The Balaban J connectivity index is 2.94. The van der Waals surface area contributed by atoms with E-state index in [4.69, 9.17) is 9.16 Å². The van der Waals surface area contributed by atoms with E-state index >= 15 is 0 Å². The lowest BCUT2D eigenvalue weighted by molar-refractivity contribution is 0.0361. The molecule has 1 aromatic carbocycles. The molecule has 0 saturated carbocycles. The minimum Gasteiger partial charge on any atom is -0.516 e. The molecule has 0 aliphatic rings. The van der Waals surface area contributed by atoms with E-state index in [1.165, 1.54) is 0 Å². The Morgan fingerprint density at radius 3 is 1.90 bits per heavy atom. The summed E-state index contributed by atoms with van der Waals surface area (Å²) < 4.78 is 10.7. The summed E-state index contributed by atoms with van der Waals surface area (Å²) in [5, 5.41) is 0. The number of hydrogen-bond acceptors (Lipinski definition) is 4. The van der Waals surface area contributed by atoms with Crippen LogP contribution in [0.2, 0.25) is 19.6 Å². The molecule has 21 heavy (non-hydrogen) atoms. The number of benzene rings is 1. The number of ether oxygens (including phenoxy) is 1. The zero-order valence-electron chi connectivity index (χ0n) is 13.6. The number of carbonyl (C=O) groups excluding carboxylic acids is 2. The summed E-state index contributed by atoms with van der Waals surface area (Å²) in [6, 6.07) is 6.60. The van der Waals surface area contributed by atoms with Crippen molar-refractivity contribution in [3.05, 3.63) is 35.4 Å². The summed E-state index contributed by atoms with van der Waals surface area (Å²) in [7, 11) is -2.01. The highest BCUT2D eigenvalue weighted by atomic mass is 28.4. The van der Waals surface area contributed by atoms with Crippen LogP contribution in [0.3, 0.4) is 0 Å². The van der Waals surface area contributed by atoms with Crippen LogP contribution in [0.4, 0.5) is 0 Å². The third kappa shape index (κ3) is 6.12. The van der Waals surface area contributed by atoms with E-state index in [-0.39, 0.29) is 16.5 Å². The highest BCUT2D eigenvalue weighted by Gasteiger charge is 2.25. The van der Waals surface area contributed by atoms with E-state index in [1.54, 1.807) is 24.3 Å². The first kappa shape index (κ1) is 17.4. The quantitative estimate of drug-likeness (QED) is 0.625. The standard InChI is InChI=1S/C16H24O4Si/c1-16(2,3)11-19-14(17)12-9-7-8-10-13(12)15(18)20-21(4,5)6/h7-10H,11H2,1-6H3. The summed E-state index contributed by atoms with van der Waals surface area (Å²) in [5.41, 5.74) is 0.396. The molecule has 116 valence electrons. The molecule has 0 aromatic heterocycles. The summed E-state index contributed by atoms with van der Waals surface area (Å²) in [4.78, 5) is 24.4. The van der Waals surface area contributed by atoms with Gasteiger partial charge in [-0.1, -0.05) is 32.9 Å². The molecule has 0 atom stereocenters. The molecule has 0 saturated heterocycles. The molecule has 0 spiro atoms. The van der Waals surface area contributed by atoms with Gasteiger partial charge < -0.3 is 9.16 Å². The lowest BCUT2D eigenvalue weighted by Crippen LogP contribution is -2.30. The maximum absolute atomic E-state index is 12.2. The topological polar surface area (TPSA) is 52.6 Å². The van der Waals surface area contributed by atoms with Gasteiger partial charge in [-0.15, -0.1) is 0 Å². The minimum absolute atomic E-state index is 0.122. The van der Waals surface area contributed by atoms with E-state index in [0.717, 1.165) is 0 Å². The first-order chi connectivity index (χ1) is 9.49. The van der Waals surface area contributed by atoms with Crippen molar-refractivity contribution in [2.45, 2.75) is 40.4 Å². The molecular weight excluding hydrogens is 284 g/mol. The van der Waals surface area contributed by atoms with Crippen LogP contribution >= 0.6 is 0 Å². The van der Waals surface area contributed by atoms with Crippen LogP contribution in [0.25, 0.3) is 0 Å². The Morgan fingerprint density at radius 2 is 1.48 bits per heavy atom. The number of carbonyl (C=O) groups is 2. The molecule has 0 aliphatic heterocycles. The Kier molecular flexibility index (Phi) is 5.34. The summed E-state index contributed by atoms with van der Waals surface area (Å²) in [6.45, 7) is 12.0. The maximum atomic E-state index is 12.2. The molecule has 0 heterocycles. The van der Waals surface area contributed by atoms with Crippen molar-refractivity contribution in [3.8, 4) is 0 Å². The third-order valence-corrected chi connectivity index (χ3v) is 3.20. The predicted octanol–water partition coefficient (Wildman–Crippen LogP) is 3.88. The second-order valence-corrected chi connectivity index (χ2v) is 11.6. The van der Waals surface area contributed by atoms with Gasteiger partial charge in [0.15, 0.2) is 0 Å². The predicted molar refractivity (Wildman–Crippen MR) is 84.9 cm³/mol. The minimum atomic E-state index is -2.01. The Hall–Kier alpha value is -1.62. The first-order valence-electron chi connectivity index (χ1n) is 6.99. The normalized spacial score (nSPS) is 11.9. The average molecular weight is 308 g/mol. The summed E-state index contributed by atoms with van der Waals surface area (Å²) in [6.07, 6.45) is 0. The first-order valence-corrected chi connectivity index (χ1v) is 10.4. The van der Waals surface area contributed by atoms with Crippen LogP contribution in [0.15, 0.2) is 24.3 Å². The van der Waals surface area contributed by atoms with Crippen LogP contribution in [-0.2, 0) is 9.16 Å². The van der Waals surface area contributed by atoms with Gasteiger partial charge in [-0.25, -0.2) is 9.59 Å². The van der Waals surface area contributed by atoms with Gasteiger partial charge in [-0.2, -0.15) is 0 Å². The van der Waals surface area contributed by atoms with Crippen LogP contribution in [0.1, 0.15) is 41.5 Å². The van der Waals surface area contributed by atoms with Crippen LogP contribution in [0, 0.1) is 5.41 Å². The Morgan fingerprint density at radius 1 is 1.00 bits per heavy atom. The van der Waals surface area contributed by atoms with Crippen molar-refractivity contribution in [1.29, 1.82) is 0 Å². The Bertz CT molecular complexity index is 524. The maximum Gasteiger partial charge on any atom is 0.339 e. The van der Waals surface area contributed by atoms with E-state index in [0.29, 0.717) is 6.61 Å². The van der Waals surface area contributed by atoms with Gasteiger partial charge in [-0.3, -0.25) is 0 Å². The van der Waals surface area contributed by atoms with Crippen LogP contribution in [-0.4, -0.2) is 26.9 Å². The highest BCUT2D eigenvalue weighted by molar-refractivity contribution is 6.71. The lowest BCUT2D eigenvalue weighted by Gasteiger charge is -2.20. The van der Waals surface area contributed by atoms with E-state index in [1.807, 2.05) is 40.4 Å². The number of hydrogen-bond donors (Lipinski definition) is 0. The average Bonchev–Trinajstić information content (AvgIpc) is 2.33. The van der Waals surface area contributed by atoms with E-state index in [9.17, 15) is 9.59 Å². The van der Waals surface area contributed by atoms with Gasteiger partial charge >= 0.3 is 11.9 Å². The van der Waals surface area contributed by atoms with Crippen molar-refractivity contribution >= 4 is 20.3 Å². The van der Waals surface area contributed by atoms with Crippen LogP contribution < -0.4 is 0 Å². The zero-order chi connectivity index (χ0) is 16.3. The number of rotatable bonds is 4. The van der Waals surface area contributed by atoms with E-state index in [2.05, 4.69) is 0 Å². The zero-order valence-corrected chi connectivity index (χ0v) is 14.6. The molecule has 1 rings (SSSR count). The van der Waals surface area contributed by atoms with Crippen molar-refractivity contribution in [2.75, 3.05) is 6.61 Å². The van der Waals surface area contributed by atoms with Gasteiger partial charge in [0.05, 0.1) is 17.7 Å². The fourth-order valence-electron chi connectivity index (χ4n) is 1.53. The second kappa shape index (κ2) is 6.43. The molecule has 1 aromatic rings. The summed E-state index contributed by atoms with van der Waals surface area (Å²) >= 11 is 0. The van der Waals surface area contributed by atoms with Gasteiger partial charge in [0.25, 0.3) is 0 Å². The SMILES string of the molecule is CC(C)(C)COC(=O)c1ccccc1C(=O)O[Si](C)(C)C. The van der Waals surface area contributed by atoms with Crippen molar-refractivity contribution in [2.24, 2.45) is 5.41 Å². The fourth-order valence-corrected chi connectivity index (χ4v) is 2.20. The van der Waals surface area contributed by atoms with Gasteiger partial charge in [0.1, 0.15) is 0 Å². The lowest BCUT2D eigenvalue weighted by atomic mass is 9.98. The van der Waals surface area contributed by atoms with Gasteiger partial charge in [0, 0.05) is 0 Å². The summed E-state index contributed by atoms with van der Waals surface area (Å²) in [5.74, 6) is -0.953. The smallest absolute Gasteiger partial charge is 0.339 e. The molecule has 0 N–H and O–H groups in total. The van der Waals surface area contributed by atoms with Crippen LogP contribution in [0.5, 0.6) is 0 Å². The van der Waals surface area contributed by atoms with Crippen molar-refractivity contribution in [3.63, 3.8) is 0 Å². The second-order valence-electron chi connectivity index (χ2n) is 7.18. The van der Waals surface area contributed by atoms with Crippen molar-refractivity contribution in [1.82, 2.24) is 0 Å². The highest BCUT2D eigenvalue weighted by Crippen LogP contribution is 2.18. The largest absolute Gasteiger partial charge is 0.516 e. The van der Waals surface area contributed by atoms with Gasteiger partial charge in [0.2, 0.25) is 8.32 Å². The number of esters is 1. The molecule has 4 nitrogen and oxygen atoms in total. The van der Waals surface area contributed by atoms with E-state index < -0.39 is 20.3 Å². The molecular formula is C16H24O4Si. The third-order valence-electron chi connectivity index (χ3n) is 2.40. The molecule has 0 unspecified atom stereocenters. The Labute approximate surface area is 127 Å².